The molecule has 2 amide bonds. The van der Waals surface area contributed by atoms with Crippen molar-refractivity contribution >= 4 is 29.1 Å². The third-order valence-corrected chi connectivity index (χ3v) is 4.66. The SMILES string of the molecule is CCCNC(=O)c1ccc(Cl)cc1NCC(=O)NC1CCCCCC1. The highest BCUT2D eigenvalue weighted by Gasteiger charge is 2.16. The van der Waals surface area contributed by atoms with Gasteiger partial charge in [-0.2, -0.15) is 0 Å². The molecule has 1 fully saturated rings. The zero-order valence-corrected chi connectivity index (χ0v) is 15.6. The van der Waals surface area contributed by atoms with E-state index in [9.17, 15) is 9.59 Å². The average Bonchev–Trinajstić information content (AvgIpc) is 2.86. The van der Waals surface area contributed by atoms with Gasteiger partial charge < -0.3 is 16.0 Å². The number of carbonyl (C=O) groups is 2. The lowest BCUT2D eigenvalue weighted by atomic mass is 10.1. The van der Waals surface area contributed by atoms with E-state index < -0.39 is 0 Å². The van der Waals surface area contributed by atoms with E-state index in [1.54, 1.807) is 18.2 Å². The molecule has 0 heterocycles. The Labute approximate surface area is 154 Å². The van der Waals surface area contributed by atoms with Gasteiger partial charge in [0.05, 0.1) is 12.1 Å². The molecule has 0 aliphatic heterocycles. The maximum absolute atomic E-state index is 12.2. The maximum Gasteiger partial charge on any atom is 0.253 e. The van der Waals surface area contributed by atoms with E-state index in [2.05, 4.69) is 16.0 Å². The van der Waals surface area contributed by atoms with E-state index >= 15 is 0 Å². The number of nitrogens with one attached hydrogen (secondary N) is 3. The average molecular weight is 366 g/mol. The number of hydrogen-bond acceptors (Lipinski definition) is 3. The van der Waals surface area contributed by atoms with Crippen LogP contribution in [0.5, 0.6) is 0 Å². The Morgan fingerprint density at radius 2 is 1.88 bits per heavy atom. The molecule has 138 valence electrons. The first kappa shape index (κ1) is 19.6. The summed E-state index contributed by atoms with van der Waals surface area (Å²) in [6, 6.07) is 5.31. The molecular formula is C19H28ClN3O2. The summed E-state index contributed by atoms with van der Waals surface area (Å²) in [5.74, 6) is -0.211. The molecule has 3 N–H and O–H groups in total. The van der Waals surface area contributed by atoms with Crippen molar-refractivity contribution in [2.24, 2.45) is 0 Å². The van der Waals surface area contributed by atoms with Gasteiger partial charge in [0.25, 0.3) is 5.91 Å². The van der Waals surface area contributed by atoms with Crippen molar-refractivity contribution in [2.75, 3.05) is 18.4 Å². The van der Waals surface area contributed by atoms with Crippen molar-refractivity contribution in [1.82, 2.24) is 10.6 Å². The summed E-state index contributed by atoms with van der Waals surface area (Å²) in [4.78, 5) is 24.5. The van der Waals surface area contributed by atoms with Crippen molar-refractivity contribution in [2.45, 2.75) is 57.9 Å². The Morgan fingerprint density at radius 3 is 2.56 bits per heavy atom. The smallest absolute Gasteiger partial charge is 0.253 e. The maximum atomic E-state index is 12.2. The van der Waals surface area contributed by atoms with Crippen LogP contribution in [0.4, 0.5) is 5.69 Å². The first-order valence-electron chi connectivity index (χ1n) is 9.21. The zero-order valence-electron chi connectivity index (χ0n) is 14.9. The number of halogens is 1. The van der Waals surface area contributed by atoms with Crippen LogP contribution in [0.1, 0.15) is 62.2 Å². The highest BCUT2D eigenvalue weighted by atomic mass is 35.5. The van der Waals surface area contributed by atoms with Crippen molar-refractivity contribution in [3.63, 3.8) is 0 Å². The van der Waals surface area contributed by atoms with E-state index in [0.29, 0.717) is 22.8 Å². The summed E-state index contributed by atoms with van der Waals surface area (Å²) < 4.78 is 0. The van der Waals surface area contributed by atoms with E-state index in [0.717, 1.165) is 19.3 Å². The molecule has 0 spiro atoms. The van der Waals surface area contributed by atoms with E-state index in [1.165, 1.54) is 25.7 Å². The van der Waals surface area contributed by atoms with Crippen LogP contribution in [-0.4, -0.2) is 30.9 Å². The summed E-state index contributed by atoms with van der Waals surface area (Å²) in [6.07, 6.45) is 7.82. The van der Waals surface area contributed by atoms with E-state index in [4.69, 9.17) is 11.6 Å². The Kier molecular flexibility index (Phi) is 8.06. The molecule has 1 aliphatic carbocycles. The van der Waals surface area contributed by atoms with Crippen LogP contribution in [0.2, 0.25) is 5.02 Å². The molecule has 1 aliphatic rings. The minimum absolute atomic E-state index is 0.0493. The minimum atomic E-state index is -0.162. The molecule has 0 unspecified atom stereocenters. The lowest BCUT2D eigenvalue weighted by molar-refractivity contribution is -0.120. The number of benzene rings is 1. The van der Waals surface area contributed by atoms with Gasteiger partial charge in [-0.1, -0.05) is 44.2 Å². The predicted octanol–water partition coefficient (Wildman–Crippen LogP) is 3.73. The number of carbonyl (C=O) groups excluding carboxylic acids is 2. The molecule has 1 saturated carbocycles. The largest absolute Gasteiger partial charge is 0.375 e. The second-order valence-electron chi connectivity index (χ2n) is 6.56. The molecule has 0 bridgehead atoms. The molecule has 0 atom stereocenters. The quantitative estimate of drug-likeness (QED) is 0.645. The fourth-order valence-electron chi connectivity index (χ4n) is 3.07. The highest BCUT2D eigenvalue weighted by molar-refractivity contribution is 6.31. The third kappa shape index (κ3) is 6.58. The molecular weight excluding hydrogens is 338 g/mol. The fourth-order valence-corrected chi connectivity index (χ4v) is 3.24. The molecule has 0 saturated heterocycles. The molecule has 0 radical (unpaired) electrons. The van der Waals surface area contributed by atoms with Gasteiger partial charge in [0.2, 0.25) is 5.91 Å². The Hall–Kier alpha value is -1.75. The Balaban J connectivity index is 1.93. The van der Waals surface area contributed by atoms with Crippen LogP contribution in [0.25, 0.3) is 0 Å². The molecule has 1 aromatic rings. The van der Waals surface area contributed by atoms with Gasteiger partial charge in [0.15, 0.2) is 0 Å². The number of hydrogen-bond donors (Lipinski definition) is 3. The van der Waals surface area contributed by atoms with Crippen molar-refractivity contribution < 1.29 is 9.59 Å². The molecule has 25 heavy (non-hydrogen) atoms. The van der Waals surface area contributed by atoms with E-state index in [-0.39, 0.29) is 24.4 Å². The molecule has 0 aromatic heterocycles. The second kappa shape index (κ2) is 10.3. The zero-order chi connectivity index (χ0) is 18.1. The van der Waals surface area contributed by atoms with Gasteiger partial charge in [0, 0.05) is 23.3 Å². The lowest BCUT2D eigenvalue weighted by Crippen LogP contribution is -2.38. The molecule has 2 rings (SSSR count). The predicted molar refractivity (Wildman–Crippen MR) is 102 cm³/mol. The van der Waals surface area contributed by atoms with E-state index in [1.807, 2.05) is 6.92 Å². The normalized spacial score (nSPS) is 15.3. The summed E-state index contributed by atoms with van der Waals surface area (Å²) >= 11 is 6.04. The summed E-state index contributed by atoms with van der Waals surface area (Å²) in [5.41, 5.74) is 1.08. The molecule has 1 aromatic carbocycles. The lowest BCUT2D eigenvalue weighted by Gasteiger charge is -2.17. The van der Waals surface area contributed by atoms with Crippen LogP contribution >= 0.6 is 11.6 Å². The topological polar surface area (TPSA) is 70.2 Å². The summed E-state index contributed by atoms with van der Waals surface area (Å²) in [5, 5.41) is 9.52. The van der Waals surface area contributed by atoms with Gasteiger partial charge in [0.1, 0.15) is 0 Å². The molecule has 5 nitrogen and oxygen atoms in total. The van der Waals surface area contributed by atoms with Crippen LogP contribution < -0.4 is 16.0 Å². The van der Waals surface area contributed by atoms with Crippen molar-refractivity contribution in [1.29, 1.82) is 0 Å². The summed E-state index contributed by atoms with van der Waals surface area (Å²) in [6.45, 7) is 2.74. The monoisotopic (exact) mass is 365 g/mol. The van der Waals surface area contributed by atoms with Gasteiger partial charge in [-0.05, 0) is 37.5 Å². The van der Waals surface area contributed by atoms with Gasteiger partial charge >= 0.3 is 0 Å². The highest BCUT2D eigenvalue weighted by Crippen LogP contribution is 2.21. The Morgan fingerprint density at radius 1 is 1.16 bits per heavy atom. The second-order valence-corrected chi connectivity index (χ2v) is 6.99. The third-order valence-electron chi connectivity index (χ3n) is 4.42. The van der Waals surface area contributed by atoms with Crippen LogP contribution in [0, 0.1) is 0 Å². The Bertz CT molecular complexity index is 584. The van der Waals surface area contributed by atoms with Gasteiger partial charge in [-0.25, -0.2) is 0 Å². The first-order valence-corrected chi connectivity index (χ1v) is 9.59. The summed E-state index contributed by atoms with van der Waals surface area (Å²) in [7, 11) is 0. The van der Waals surface area contributed by atoms with Crippen LogP contribution in [0.15, 0.2) is 18.2 Å². The fraction of sp³-hybridized carbons (Fsp3) is 0.579. The van der Waals surface area contributed by atoms with Crippen LogP contribution in [0.3, 0.4) is 0 Å². The van der Waals surface area contributed by atoms with Gasteiger partial charge in [-0.15, -0.1) is 0 Å². The minimum Gasteiger partial charge on any atom is -0.375 e. The number of anilines is 1. The van der Waals surface area contributed by atoms with Crippen molar-refractivity contribution in [3.05, 3.63) is 28.8 Å². The standard InChI is InChI=1S/C19H28ClN3O2/c1-2-11-21-19(25)16-10-9-14(20)12-17(16)22-13-18(24)23-15-7-5-3-4-6-8-15/h9-10,12,15,22H,2-8,11,13H2,1H3,(H,21,25)(H,23,24). The van der Waals surface area contributed by atoms with Crippen LogP contribution in [-0.2, 0) is 4.79 Å². The first-order chi connectivity index (χ1) is 12.1. The van der Waals surface area contributed by atoms with Crippen molar-refractivity contribution in [3.8, 4) is 0 Å². The number of rotatable bonds is 7. The van der Waals surface area contributed by atoms with Gasteiger partial charge in [-0.3, -0.25) is 9.59 Å². The number of amides is 2. The molecule has 6 heteroatoms.